The number of carbonyl (C=O) groups excluding carboxylic acids is 2. The van der Waals surface area contributed by atoms with Crippen molar-refractivity contribution in [3.05, 3.63) is 75.5 Å². The molecular formula is C24H22F3N3O5. The molecule has 35 heavy (non-hydrogen) atoms. The summed E-state index contributed by atoms with van der Waals surface area (Å²) in [7, 11) is 0. The molecule has 1 aromatic heterocycles. The molecule has 3 heterocycles. The molecule has 0 radical (unpaired) electrons. The molecule has 11 heteroatoms. The fourth-order valence-electron chi connectivity index (χ4n) is 5.36. The average molecular weight is 489 g/mol. The zero-order valence-electron chi connectivity index (χ0n) is 18.5. The molecule has 2 N–H and O–H groups in total. The second-order valence-electron chi connectivity index (χ2n) is 9.00. The summed E-state index contributed by atoms with van der Waals surface area (Å²) in [5.74, 6) is -5.83. The number of ether oxygens (including phenoxy) is 1. The molecule has 2 fully saturated rings. The van der Waals surface area contributed by atoms with Crippen LogP contribution in [0.4, 0.5) is 13.2 Å². The number of fused-ring (bicyclic) bond motifs is 5. The highest BCUT2D eigenvalue weighted by Gasteiger charge is 2.51. The summed E-state index contributed by atoms with van der Waals surface area (Å²) in [5, 5.41) is 12.8. The smallest absolute Gasteiger partial charge is 0.276 e. The molecule has 2 aliphatic heterocycles. The zero-order valence-corrected chi connectivity index (χ0v) is 18.5. The SMILES string of the molecule is C=CC[C@@H]1C[C@@H]2C[C@H]1N1C(=O)c3c(O)c(=O)c(C(=O)NCc4c(F)cc(F)cc4F)cn3CC1O2. The Bertz CT molecular complexity index is 1290. The highest BCUT2D eigenvalue weighted by Crippen LogP contribution is 2.43. The number of benzene rings is 1. The first-order valence-electron chi connectivity index (χ1n) is 11.2. The van der Waals surface area contributed by atoms with Gasteiger partial charge in [0.2, 0.25) is 5.43 Å². The van der Waals surface area contributed by atoms with Crippen molar-refractivity contribution in [1.29, 1.82) is 0 Å². The van der Waals surface area contributed by atoms with Crippen LogP contribution in [0.2, 0.25) is 0 Å². The monoisotopic (exact) mass is 489 g/mol. The number of nitrogens with one attached hydrogen (secondary N) is 1. The van der Waals surface area contributed by atoms with Gasteiger partial charge in [0, 0.05) is 36.5 Å². The van der Waals surface area contributed by atoms with E-state index in [1.165, 1.54) is 4.57 Å². The van der Waals surface area contributed by atoms with Crippen molar-refractivity contribution >= 4 is 11.8 Å². The standard InChI is InChI=1S/C24H22F3N3O5/c1-2-3-11-4-13-7-18(11)30-19(35-13)10-29-9-15(21(31)22(32)20(29)24(30)34)23(33)28-8-14-16(26)5-12(25)6-17(14)27/h2,5-6,9,11,13,18-19,32H,1,3-4,7-8,10H2,(H,28,33)/t11-,13-,18-,19?/m1/s1. The van der Waals surface area contributed by atoms with Gasteiger partial charge < -0.3 is 24.6 Å². The summed E-state index contributed by atoms with van der Waals surface area (Å²) < 4.78 is 48.2. The maximum atomic E-state index is 13.9. The van der Waals surface area contributed by atoms with Crippen LogP contribution in [0.3, 0.4) is 0 Å². The molecule has 1 unspecified atom stereocenters. The van der Waals surface area contributed by atoms with Gasteiger partial charge in [0.1, 0.15) is 23.0 Å². The summed E-state index contributed by atoms with van der Waals surface area (Å²) >= 11 is 0. The second kappa shape index (κ2) is 8.56. The normalized spacial score (nSPS) is 24.7. The van der Waals surface area contributed by atoms with Crippen LogP contribution in [-0.4, -0.2) is 44.8 Å². The van der Waals surface area contributed by atoms with Gasteiger partial charge in [0.05, 0.1) is 12.6 Å². The van der Waals surface area contributed by atoms with Crippen LogP contribution >= 0.6 is 0 Å². The van der Waals surface area contributed by atoms with E-state index in [0.717, 1.165) is 12.6 Å². The molecule has 8 nitrogen and oxygen atoms in total. The van der Waals surface area contributed by atoms with Gasteiger partial charge in [-0.1, -0.05) is 6.08 Å². The van der Waals surface area contributed by atoms with Crippen LogP contribution in [0.15, 0.2) is 35.8 Å². The fourth-order valence-corrected chi connectivity index (χ4v) is 5.36. The molecule has 184 valence electrons. The number of nitrogens with zero attached hydrogens (tertiary/aromatic N) is 2. The molecule has 3 aliphatic rings. The maximum Gasteiger partial charge on any atom is 0.276 e. The van der Waals surface area contributed by atoms with E-state index < -0.39 is 64.3 Å². The molecule has 5 rings (SSSR count). The summed E-state index contributed by atoms with van der Waals surface area (Å²) in [6.45, 7) is 3.20. The van der Waals surface area contributed by atoms with Crippen molar-refractivity contribution in [3.63, 3.8) is 0 Å². The molecule has 1 saturated carbocycles. The average Bonchev–Trinajstić information content (AvgIpc) is 3.10. The van der Waals surface area contributed by atoms with Gasteiger partial charge in [0.15, 0.2) is 17.7 Å². The van der Waals surface area contributed by atoms with Crippen LogP contribution in [0.5, 0.6) is 5.75 Å². The van der Waals surface area contributed by atoms with Crippen LogP contribution in [0, 0.1) is 23.4 Å². The van der Waals surface area contributed by atoms with E-state index >= 15 is 0 Å². The quantitative estimate of drug-likeness (QED) is 0.629. The molecule has 1 aliphatic carbocycles. The van der Waals surface area contributed by atoms with E-state index in [4.69, 9.17) is 4.74 Å². The third-order valence-corrected chi connectivity index (χ3v) is 6.92. The number of aromatic hydroxyl groups is 1. The number of halogens is 3. The first-order chi connectivity index (χ1) is 16.7. The molecule has 1 aromatic carbocycles. The topological polar surface area (TPSA) is 101 Å². The first-order valence-corrected chi connectivity index (χ1v) is 11.2. The number of carbonyl (C=O) groups is 2. The van der Waals surface area contributed by atoms with Crippen molar-refractivity contribution in [2.75, 3.05) is 0 Å². The van der Waals surface area contributed by atoms with Crippen LogP contribution in [0.1, 0.15) is 45.7 Å². The molecule has 1 saturated heterocycles. The van der Waals surface area contributed by atoms with E-state index in [1.54, 1.807) is 11.0 Å². The minimum atomic E-state index is -1.20. The van der Waals surface area contributed by atoms with Crippen LogP contribution < -0.4 is 10.7 Å². The Balaban J connectivity index is 1.43. The minimum Gasteiger partial charge on any atom is -0.503 e. The van der Waals surface area contributed by atoms with E-state index in [-0.39, 0.29) is 30.3 Å². The van der Waals surface area contributed by atoms with E-state index in [9.17, 15) is 32.7 Å². The Hall–Kier alpha value is -3.60. The first kappa shape index (κ1) is 23.2. The summed E-state index contributed by atoms with van der Waals surface area (Å²) in [6.07, 6.45) is 4.38. The Kier molecular flexibility index (Phi) is 5.66. The maximum absolute atomic E-state index is 13.9. The number of pyridine rings is 1. The Morgan fingerprint density at radius 2 is 1.94 bits per heavy atom. The van der Waals surface area contributed by atoms with Crippen molar-refractivity contribution < 1.29 is 32.6 Å². The number of hydrogen-bond acceptors (Lipinski definition) is 5. The summed E-state index contributed by atoms with van der Waals surface area (Å²) in [5.41, 5.74) is -2.44. The Labute approximate surface area is 197 Å². The van der Waals surface area contributed by atoms with Crippen molar-refractivity contribution in [2.24, 2.45) is 5.92 Å². The lowest BCUT2D eigenvalue weighted by Crippen LogP contribution is -2.58. The fraction of sp³-hybridized carbons (Fsp3) is 0.375. The van der Waals surface area contributed by atoms with Crippen LogP contribution in [0.25, 0.3) is 0 Å². The number of hydrogen-bond donors (Lipinski definition) is 2. The lowest BCUT2D eigenvalue weighted by molar-refractivity contribution is -0.133. The predicted octanol–water partition coefficient (Wildman–Crippen LogP) is 2.44. The zero-order chi connectivity index (χ0) is 25.0. The molecule has 0 spiro atoms. The van der Waals surface area contributed by atoms with Gasteiger partial charge in [-0.3, -0.25) is 14.4 Å². The number of allylic oxidation sites excluding steroid dienone is 1. The van der Waals surface area contributed by atoms with Crippen molar-refractivity contribution in [2.45, 2.75) is 50.7 Å². The minimum absolute atomic E-state index is 0.0307. The van der Waals surface area contributed by atoms with Gasteiger partial charge in [0.25, 0.3) is 11.8 Å². The summed E-state index contributed by atoms with van der Waals surface area (Å²) in [4.78, 5) is 40.3. The summed E-state index contributed by atoms with van der Waals surface area (Å²) in [6, 6.07) is 0.827. The van der Waals surface area contributed by atoms with E-state index in [2.05, 4.69) is 11.9 Å². The highest BCUT2D eigenvalue weighted by molar-refractivity contribution is 5.99. The van der Waals surface area contributed by atoms with Gasteiger partial charge in [-0.05, 0) is 25.2 Å². The highest BCUT2D eigenvalue weighted by atomic mass is 19.1. The Morgan fingerprint density at radius 3 is 2.63 bits per heavy atom. The van der Waals surface area contributed by atoms with Crippen molar-refractivity contribution in [3.8, 4) is 5.75 Å². The lowest BCUT2D eigenvalue weighted by Gasteiger charge is -2.45. The third-order valence-electron chi connectivity index (χ3n) is 6.92. The van der Waals surface area contributed by atoms with Crippen molar-refractivity contribution in [1.82, 2.24) is 14.8 Å². The molecule has 2 aromatic rings. The largest absolute Gasteiger partial charge is 0.503 e. The molecule has 2 bridgehead atoms. The number of amides is 2. The Morgan fingerprint density at radius 1 is 1.23 bits per heavy atom. The number of aromatic nitrogens is 1. The van der Waals surface area contributed by atoms with Gasteiger partial charge in [-0.15, -0.1) is 6.58 Å². The second-order valence-corrected chi connectivity index (χ2v) is 9.00. The number of rotatable bonds is 5. The van der Waals surface area contributed by atoms with Gasteiger partial charge in [-0.2, -0.15) is 0 Å². The predicted molar refractivity (Wildman–Crippen MR) is 116 cm³/mol. The molecule has 2 amide bonds. The lowest BCUT2D eigenvalue weighted by atomic mass is 9.96. The van der Waals surface area contributed by atoms with E-state index in [0.29, 0.717) is 25.0 Å². The molecular weight excluding hydrogens is 467 g/mol. The molecule has 4 atom stereocenters. The van der Waals surface area contributed by atoms with Gasteiger partial charge >= 0.3 is 0 Å². The third kappa shape index (κ3) is 3.79. The van der Waals surface area contributed by atoms with E-state index in [1.807, 2.05) is 0 Å². The van der Waals surface area contributed by atoms with Crippen LogP contribution in [-0.2, 0) is 17.8 Å². The van der Waals surface area contributed by atoms with Gasteiger partial charge in [-0.25, -0.2) is 13.2 Å².